The third-order valence-electron chi connectivity index (χ3n) is 5.69. The van der Waals surface area contributed by atoms with Crippen molar-refractivity contribution in [3.8, 4) is 16.9 Å². The minimum atomic E-state index is -0.635. The second kappa shape index (κ2) is 10.9. The van der Waals surface area contributed by atoms with Crippen LogP contribution in [0.2, 0.25) is 10.0 Å². The molecular weight excluding hydrogens is 546 g/mol. The Morgan fingerprint density at radius 1 is 1.03 bits per heavy atom. The third-order valence-corrected chi connectivity index (χ3v) is 6.32. The predicted octanol–water partition coefficient (Wildman–Crippen LogP) is 4.87. The van der Waals surface area contributed by atoms with Gasteiger partial charge in [0, 0.05) is 29.9 Å². The highest BCUT2D eigenvalue weighted by molar-refractivity contribution is 6.38. The Morgan fingerprint density at radius 2 is 1.82 bits per heavy atom. The minimum absolute atomic E-state index is 0.0170. The molecule has 0 aliphatic heterocycles. The fraction of sp³-hybridized carbons (Fsp3) is 0.0385. The number of H-pyrrole nitrogens is 1. The lowest BCUT2D eigenvalue weighted by atomic mass is 10.1. The van der Waals surface area contributed by atoms with Crippen LogP contribution >= 0.6 is 23.2 Å². The van der Waals surface area contributed by atoms with Crippen molar-refractivity contribution >= 4 is 46.7 Å². The van der Waals surface area contributed by atoms with Gasteiger partial charge in [0.1, 0.15) is 23.1 Å². The third kappa shape index (κ3) is 5.44. The van der Waals surface area contributed by atoms with Crippen LogP contribution < -0.4 is 16.4 Å². The van der Waals surface area contributed by atoms with Crippen molar-refractivity contribution in [1.82, 2.24) is 30.3 Å². The van der Waals surface area contributed by atoms with Gasteiger partial charge in [-0.15, -0.1) is 0 Å². The summed E-state index contributed by atoms with van der Waals surface area (Å²) in [5.74, 6) is -1.22. The molecule has 10 nitrogen and oxygen atoms in total. The lowest BCUT2D eigenvalue weighted by molar-refractivity contribution is 0.0944. The molecule has 3 heterocycles. The Labute approximate surface area is 231 Å². The van der Waals surface area contributed by atoms with E-state index in [1.165, 1.54) is 47.4 Å². The maximum absolute atomic E-state index is 14.4. The molecule has 39 heavy (non-hydrogen) atoms. The van der Waals surface area contributed by atoms with Gasteiger partial charge in [-0.3, -0.25) is 19.7 Å². The average Bonchev–Trinajstić information content (AvgIpc) is 3.54. The van der Waals surface area contributed by atoms with Crippen LogP contribution in [0.4, 0.5) is 16.0 Å². The SMILES string of the molecule is Nc1[nH]ncc1CNC(=O)c1cc(NC(=O)c2cc(-c3ncccc3F)c(Cl)cc2Cl)n(-c2ccccc2)n1. The summed E-state index contributed by atoms with van der Waals surface area (Å²) in [5, 5.41) is 16.4. The number of hydrogen-bond donors (Lipinski definition) is 4. The number of para-hydroxylation sites is 1. The zero-order chi connectivity index (χ0) is 27.5. The first-order chi connectivity index (χ1) is 18.8. The van der Waals surface area contributed by atoms with Crippen molar-refractivity contribution in [3.63, 3.8) is 0 Å². The molecule has 13 heteroatoms. The summed E-state index contributed by atoms with van der Waals surface area (Å²) in [7, 11) is 0. The summed E-state index contributed by atoms with van der Waals surface area (Å²) in [6.45, 7) is 0.119. The molecular formula is C26H19Cl2FN8O2. The Morgan fingerprint density at radius 3 is 2.54 bits per heavy atom. The maximum atomic E-state index is 14.4. The van der Waals surface area contributed by atoms with Crippen molar-refractivity contribution in [1.29, 1.82) is 0 Å². The van der Waals surface area contributed by atoms with E-state index in [-0.39, 0.29) is 44.9 Å². The van der Waals surface area contributed by atoms with Gasteiger partial charge in [0.2, 0.25) is 0 Å². The normalized spacial score (nSPS) is 10.8. The molecule has 5 rings (SSSR count). The monoisotopic (exact) mass is 564 g/mol. The predicted molar refractivity (Wildman–Crippen MR) is 145 cm³/mol. The largest absolute Gasteiger partial charge is 0.384 e. The van der Waals surface area contributed by atoms with E-state index in [4.69, 9.17) is 28.9 Å². The fourth-order valence-corrected chi connectivity index (χ4v) is 4.31. The molecule has 0 saturated heterocycles. The highest BCUT2D eigenvalue weighted by Crippen LogP contribution is 2.33. The van der Waals surface area contributed by atoms with Gasteiger partial charge in [-0.05, 0) is 36.4 Å². The average molecular weight is 565 g/mol. The van der Waals surface area contributed by atoms with E-state index in [1.54, 1.807) is 24.3 Å². The van der Waals surface area contributed by atoms with Crippen LogP contribution in [0.1, 0.15) is 26.4 Å². The number of pyridine rings is 1. The summed E-state index contributed by atoms with van der Waals surface area (Å²) in [6, 6.07) is 15.7. The van der Waals surface area contributed by atoms with Gasteiger partial charge in [-0.1, -0.05) is 41.4 Å². The number of rotatable bonds is 7. The van der Waals surface area contributed by atoms with Gasteiger partial charge in [0.15, 0.2) is 5.69 Å². The molecule has 3 aromatic heterocycles. The maximum Gasteiger partial charge on any atom is 0.272 e. The summed E-state index contributed by atoms with van der Waals surface area (Å²) >= 11 is 12.6. The standard InChI is InChI=1S/C26H19Cl2FN8O2/c27-18-10-19(28)17(9-16(18)23-20(29)7-4-8-31-23)25(38)34-22-11-21(36-37(22)15-5-2-1-3-6-15)26(39)32-12-14-13-33-35-24(14)30/h1-11,13H,12H2,(H,32,39)(H,34,38)(H3,30,33,35). The van der Waals surface area contributed by atoms with Crippen LogP contribution in [0.3, 0.4) is 0 Å². The van der Waals surface area contributed by atoms with Gasteiger partial charge < -0.3 is 16.4 Å². The molecule has 0 atom stereocenters. The minimum Gasteiger partial charge on any atom is -0.384 e. The van der Waals surface area contributed by atoms with E-state index >= 15 is 0 Å². The molecule has 0 bridgehead atoms. The summed E-state index contributed by atoms with van der Waals surface area (Å²) in [6.07, 6.45) is 2.92. The van der Waals surface area contributed by atoms with Crippen molar-refractivity contribution in [3.05, 3.63) is 106 Å². The first-order valence-electron chi connectivity index (χ1n) is 11.4. The van der Waals surface area contributed by atoms with E-state index in [0.29, 0.717) is 17.1 Å². The molecule has 5 N–H and O–H groups in total. The van der Waals surface area contributed by atoms with Crippen LogP contribution in [0.15, 0.2) is 73.1 Å². The number of nitrogens with two attached hydrogens (primary N) is 1. The van der Waals surface area contributed by atoms with E-state index in [9.17, 15) is 14.0 Å². The number of carbonyl (C=O) groups is 2. The van der Waals surface area contributed by atoms with Gasteiger partial charge in [-0.25, -0.2) is 9.07 Å². The topological polar surface area (TPSA) is 144 Å². The number of aromatic nitrogens is 5. The van der Waals surface area contributed by atoms with Crippen LogP contribution in [0, 0.1) is 5.82 Å². The molecule has 0 fully saturated rings. The lowest BCUT2D eigenvalue weighted by Crippen LogP contribution is -2.23. The molecule has 0 radical (unpaired) electrons. The molecule has 0 aliphatic carbocycles. The molecule has 2 aromatic carbocycles. The first-order valence-corrected chi connectivity index (χ1v) is 12.2. The Bertz CT molecular complexity index is 1690. The van der Waals surface area contributed by atoms with Gasteiger partial charge >= 0.3 is 0 Å². The summed E-state index contributed by atoms with van der Waals surface area (Å²) in [4.78, 5) is 30.3. The summed E-state index contributed by atoms with van der Waals surface area (Å²) in [5.41, 5.74) is 7.19. The number of halogens is 3. The second-order valence-corrected chi connectivity index (χ2v) is 9.07. The van der Waals surface area contributed by atoms with E-state index in [2.05, 4.69) is 30.9 Å². The fourth-order valence-electron chi connectivity index (χ4n) is 3.75. The molecule has 0 saturated carbocycles. The Kier molecular flexibility index (Phi) is 7.26. The second-order valence-electron chi connectivity index (χ2n) is 8.25. The van der Waals surface area contributed by atoms with Gasteiger partial charge in [0.25, 0.3) is 11.8 Å². The highest BCUT2D eigenvalue weighted by Gasteiger charge is 2.21. The number of aromatic amines is 1. The van der Waals surface area contributed by atoms with Crippen LogP contribution in [0.25, 0.3) is 16.9 Å². The molecule has 196 valence electrons. The number of nitrogens with one attached hydrogen (secondary N) is 3. The Balaban J connectivity index is 1.47. The van der Waals surface area contributed by atoms with Crippen molar-refractivity contribution in [2.45, 2.75) is 6.54 Å². The first kappa shape index (κ1) is 25.9. The van der Waals surface area contributed by atoms with E-state index in [1.807, 2.05) is 6.07 Å². The van der Waals surface area contributed by atoms with E-state index in [0.717, 1.165) is 0 Å². The smallest absolute Gasteiger partial charge is 0.272 e. The van der Waals surface area contributed by atoms with Crippen molar-refractivity contribution in [2.24, 2.45) is 0 Å². The van der Waals surface area contributed by atoms with Crippen LogP contribution in [-0.4, -0.2) is 36.8 Å². The lowest BCUT2D eigenvalue weighted by Gasteiger charge is -2.12. The number of amides is 2. The Hall–Kier alpha value is -4.74. The molecule has 0 spiro atoms. The zero-order valence-corrected chi connectivity index (χ0v) is 21.5. The zero-order valence-electron chi connectivity index (χ0n) is 20.0. The molecule has 5 aromatic rings. The van der Waals surface area contributed by atoms with Gasteiger partial charge in [-0.2, -0.15) is 10.2 Å². The van der Waals surface area contributed by atoms with E-state index < -0.39 is 17.6 Å². The van der Waals surface area contributed by atoms with Crippen LogP contribution in [0.5, 0.6) is 0 Å². The van der Waals surface area contributed by atoms with Gasteiger partial charge in [0.05, 0.1) is 27.5 Å². The van der Waals surface area contributed by atoms with Crippen molar-refractivity contribution in [2.75, 3.05) is 11.1 Å². The molecule has 0 aliphatic rings. The van der Waals surface area contributed by atoms with Crippen LogP contribution in [-0.2, 0) is 6.54 Å². The summed E-state index contributed by atoms with van der Waals surface area (Å²) < 4.78 is 15.8. The number of benzene rings is 2. The number of nitrogen functional groups attached to an aromatic ring is 1. The number of anilines is 2. The quantitative estimate of drug-likeness (QED) is 0.222. The number of nitrogens with zero attached hydrogens (tertiary/aromatic N) is 4. The highest BCUT2D eigenvalue weighted by atomic mass is 35.5. The number of carbonyl (C=O) groups excluding carboxylic acids is 2. The number of hydrogen-bond acceptors (Lipinski definition) is 6. The molecule has 0 unspecified atom stereocenters. The molecule has 2 amide bonds. The van der Waals surface area contributed by atoms with Crippen molar-refractivity contribution < 1.29 is 14.0 Å².